The van der Waals surface area contributed by atoms with E-state index in [0.717, 1.165) is 0 Å². The molecule has 1 aromatic rings. The van der Waals surface area contributed by atoms with E-state index in [1.807, 2.05) is 6.07 Å². The summed E-state index contributed by atoms with van der Waals surface area (Å²) in [5.74, 6) is -0.651. The topological polar surface area (TPSA) is 60.2 Å². The van der Waals surface area contributed by atoms with Crippen LogP contribution in [0.5, 0.6) is 0 Å². The molecule has 0 spiro atoms. The minimum absolute atomic E-state index is 0.107. The fourth-order valence-electron chi connectivity index (χ4n) is 0.785. The normalized spacial score (nSPS) is 12.3. The van der Waals surface area contributed by atoms with Crippen LogP contribution in [-0.4, -0.2) is 15.9 Å². The van der Waals surface area contributed by atoms with Crippen LogP contribution in [0.15, 0.2) is 35.2 Å². The highest BCUT2D eigenvalue weighted by Gasteiger charge is 2.05. The summed E-state index contributed by atoms with van der Waals surface area (Å²) in [5, 5.41) is 0. The first-order valence-electron chi connectivity index (χ1n) is 3.42. The molecule has 1 rings (SSSR count). The molecule has 0 aliphatic carbocycles. The van der Waals surface area contributed by atoms with Crippen LogP contribution in [0.4, 0.5) is 0 Å². The molecular formula is C8H9NO2S. The molecule has 0 aliphatic heterocycles. The SMILES string of the molecule is NC(=O)CS(=O)c1ccccc1. The summed E-state index contributed by atoms with van der Waals surface area (Å²) < 4.78 is 11.3. The van der Waals surface area contributed by atoms with Gasteiger partial charge in [-0.05, 0) is 12.1 Å². The number of benzene rings is 1. The molecule has 2 N–H and O–H groups in total. The summed E-state index contributed by atoms with van der Waals surface area (Å²) in [4.78, 5) is 11.0. The van der Waals surface area contributed by atoms with Crippen LogP contribution in [0.25, 0.3) is 0 Å². The fraction of sp³-hybridized carbons (Fsp3) is 0.125. The van der Waals surface area contributed by atoms with Gasteiger partial charge in [-0.2, -0.15) is 0 Å². The van der Waals surface area contributed by atoms with Crippen LogP contribution in [0.3, 0.4) is 0 Å². The standard InChI is InChI=1S/C8H9NO2S/c9-8(10)6-12(11)7-4-2-1-3-5-7/h1-5H,6H2,(H2,9,10). The van der Waals surface area contributed by atoms with E-state index in [9.17, 15) is 9.00 Å². The summed E-state index contributed by atoms with van der Waals surface area (Å²) in [5.41, 5.74) is 4.90. The van der Waals surface area contributed by atoms with Crippen molar-refractivity contribution in [2.75, 3.05) is 5.75 Å². The lowest BCUT2D eigenvalue weighted by Crippen LogP contribution is -2.19. The van der Waals surface area contributed by atoms with Gasteiger partial charge in [-0.15, -0.1) is 0 Å². The third-order valence-corrected chi connectivity index (χ3v) is 2.62. The average molecular weight is 183 g/mol. The Morgan fingerprint density at radius 1 is 1.33 bits per heavy atom. The minimum atomic E-state index is -1.29. The molecule has 0 heterocycles. The third kappa shape index (κ3) is 2.47. The molecule has 1 atom stereocenters. The van der Waals surface area contributed by atoms with Crippen molar-refractivity contribution in [3.63, 3.8) is 0 Å². The molecule has 64 valence electrons. The second kappa shape index (κ2) is 4.01. The predicted molar refractivity (Wildman–Crippen MR) is 46.9 cm³/mol. The second-order valence-corrected chi connectivity index (χ2v) is 3.72. The number of carbonyl (C=O) groups is 1. The van der Waals surface area contributed by atoms with E-state index in [1.165, 1.54) is 0 Å². The van der Waals surface area contributed by atoms with Gasteiger partial charge in [0.25, 0.3) is 0 Å². The molecule has 12 heavy (non-hydrogen) atoms. The van der Waals surface area contributed by atoms with Gasteiger partial charge in [0.05, 0.1) is 10.8 Å². The molecule has 1 amide bonds. The van der Waals surface area contributed by atoms with Gasteiger partial charge in [0.2, 0.25) is 5.91 Å². The molecule has 0 saturated carbocycles. The average Bonchev–Trinajstić information content (AvgIpc) is 2.05. The van der Waals surface area contributed by atoms with Gasteiger partial charge in [-0.1, -0.05) is 18.2 Å². The van der Waals surface area contributed by atoms with Gasteiger partial charge >= 0.3 is 0 Å². The predicted octanol–water partition coefficient (Wildman–Crippen LogP) is 0.279. The van der Waals surface area contributed by atoms with Crippen LogP contribution >= 0.6 is 0 Å². The zero-order chi connectivity index (χ0) is 8.97. The van der Waals surface area contributed by atoms with Gasteiger partial charge in [0, 0.05) is 4.90 Å². The number of amides is 1. The van der Waals surface area contributed by atoms with E-state index in [0.29, 0.717) is 4.90 Å². The zero-order valence-corrected chi connectivity index (χ0v) is 7.21. The van der Waals surface area contributed by atoms with Crippen LogP contribution < -0.4 is 5.73 Å². The summed E-state index contributed by atoms with van der Waals surface area (Å²) in [7, 11) is -1.29. The molecule has 1 aromatic carbocycles. The Hall–Kier alpha value is -1.16. The van der Waals surface area contributed by atoms with Gasteiger partial charge in [-0.25, -0.2) is 0 Å². The lowest BCUT2D eigenvalue weighted by Gasteiger charge is -1.97. The highest BCUT2D eigenvalue weighted by molar-refractivity contribution is 7.85. The first kappa shape index (κ1) is 8.93. The van der Waals surface area contributed by atoms with Crippen molar-refractivity contribution in [3.05, 3.63) is 30.3 Å². The van der Waals surface area contributed by atoms with Gasteiger partial charge in [-0.3, -0.25) is 9.00 Å². The van der Waals surface area contributed by atoms with E-state index >= 15 is 0 Å². The highest BCUT2D eigenvalue weighted by Crippen LogP contribution is 2.04. The minimum Gasteiger partial charge on any atom is -0.369 e. The Labute approximate surface area is 73.0 Å². The summed E-state index contributed by atoms with van der Waals surface area (Å²) in [6.45, 7) is 0. The van der Waals surface area contributed by atoms with E-state index in [2.05, 4.69) is 0 Å². The molecule has 1 unspecified atom stereocenters. The van der Waals surface area contributed by atoms with E-state index in [1.54, 1.807) is 24.3 Å². The van der Waals surface area contributed by atoms with Gasteiger partial charge in [0.15, 0.2) is 0 Å². The summed E-state index contributed by atoms with van der Waals surface area (Å²) in [6.07, 6.45) is 0. The molecule has 0 radical (unpaired) electrons. The lowest BCUT2D eigenvalue weighted by atomic mass is 10.4. The Morgan fingerprint density at radius 3 is 2.42 bits per heavy atom. The molecule has 0 fully saturated rings. The molecule has 0 saturated heterocycles. The lowest BCUT2D eigenvalue weighted by molar-refractivity contribution is -0.115. The highest BCUT2D eigenvalue weighted by atomic mass is 32.2. The van der Waals surface area contributed by atoms with Crippen molar-refractivity contribution in [2.24, 2.45) is 5.73 Å². The van der Waals surface area contributed by atoms with Crippen molar-refractivity contribution in [3.8, 4) is 0 Å². The van der Waals surface area contributed by atoms with Crippen molar-refractivity contribution in [1.82, 2.24) is 0 Å². The van der Waals surface area contributed by atoms with E-state index in [4.69, 9.17) is 5.73 Å². The smallest absolute Gasteiger partial charge is 0.230 e. The summed E-state index contributed by atoms with van der Waals surface area (Å²) >= 11 is 0. The monoisotopic (exact) mass is 183 g/mol. The maximum absolute atomic E-state index is 11.3. The Morgan fingerprint density at radius 2 is 1.92 bits per heavy atom. The third-order valence-electron chi connectivity index (χ3n) is 1.28. The quantitative estimate of drug-likeness (QED) is 0.731. The number of hydrogen-bond acceptors (Lipinski definition) is 2. The van der Waals surface area contributed by atoms with Crippen molar-refractivity contribution < 1.29 is 9.00 Å². The van der Waals surface area contributed by atoms with Crippen LogP contribution in [0.2, 0.25) is 0 Å². The maximum Gasteiger partial charge on any atom is 0.230 e. The van der Waals surface area contributed by atoms with E-state index < -0.39 is 16.7 Å². The first-order valence-corrected chi connectivity index (χ1v) is 4.74. The molecule has 0 aromatic heterocycles. The number of rotatable bonds is 3. The zero-order valence-electron chi connectivity index (χ0n) is 6.40. The number of primary amides is 1. The Kier molecular flexibility index (Phi) is 2.99. The van der Waals surface area contributed by atoms with Gasteiger partial charge < -0.3 is 5.73 Å². The van der Waals surface area contributed by atoms with Gasteiger partial charge in [0.1, 0.15) is 5.75 Å². The molecule has 0 bridgehead atoms. The van der Waals surface area contributed by atoms with Crippen molar-refractivity contribution >= 4 is 16.7 Å². The second-order valence-electron chi connectivity index (χ2n) is 2.27. The molecule has 3 nitrogen and oxygen atoms in total. The number of carbonyl (C=O) groups excluding carboxylic acids is 1. The molecule has 4 heteroatoms. The maximum atomic E-state index is 11.3. The summed E-state index contributed by atoms with van der Waals surface area (Å²) in [6, 6.07) is 8.78. The largest absolute Gasteiger partial charge is 0.369 e. The molecule has 0 aliphatic rings. The Bertz CT molecular complexity index is 297. The first-order chi connectivity index (χ1) is 5.70. The molecular weight excluding hydrogens is 174 g/mol. The van der Waals surface area contributed by atoms with E-state index in [-0.39, 0.29) is 5.75 Å². The number of nitrogens with two attached hydrogens (primary N) is 1. The Balaban J connectivity index is 2.73. The van der Waals surface area contributed by atoms with Crippen LogP contribution in [-0.2, 0) is 15.6 Å². The fourth-order valence-corrected chi connectivity index (χ4v) is 1.67. The van der Waals surface area contributed by atoms with Crippen molar-refractivity contribution in [2.45, 2.75) is 4.90 Å². The van der Waals surface area contributed by atoms with Crippen LogP contribution in [0.1, 0.15) is 0 Å². The number of hydrogen-bond donors (Lipinski definition) is 1. The van der Waals surface area contributed by atoms with Crippen LogP contribution in [0, 0.1) is 0 Å². The van der Waals surface area contributed by atoms with Crippen molar-refractivity contribution in [1.29, 1.82) is 0 Å².